The van der Waals surface area contributed by atoms with Crippen molar-refractivity contribution in [3.05, 3.63) is 0 Å². The van der Waals surface area contributed by atoms with E-state index >= 15 is 0 Å². The van der Waals surface area contributed by atoms with Crippen LogP contribution in [-0.2, 0) is 9.59 Å². The third kappa shape index (κ3) is 3.86. The number of carbonyl (C=O) groups is 3. The molecule has 1 saturated carbocycles. The van der Waals surface area contributed by atoms with E-state index in [9.17, 15) is 19.5 Å². The van der Waals surface area contributed by atoms with Crippen LogP contribution in [0.25, 0.3) is 0 Å². The van der Waals surface area contributed by atoms with Crippen molar-refractivity contribution in [1.29, 1.82) is 0 Å². The second-order valence-electron chi connectivity index (χ2n) is 5.93. The van der Waals surface area contributed by atoms with Gasteiger partial charge in [0, 0.05) is 13.6 Å². The van der Waals surface area contributed by atoms with E-state index in [1.807, 2.05) is 0 Å². The summed E-state index contributed by atoms with van der Waals surface area (Å²) in [6, 6.07) is -1.99. The maximum atomic E-state index is 12.0. The number of hydrogen-bond acceptors (Lipinski definition) is 3. The Morgan fingerprint density at radius 2 is 1.90 bits per heavy atom. The Labute approximate surface area is 124 Å². The first kappa shape index (κ1) is 15.6. The zero-order valence-electron chi connectivity index (χ0n) is 12.3. The number of hydrogen-bond donors (Lipinski definition) is 3. The number of carboxylic acids is 1. The van der Waals surface area contributed by atoms with E-state index < -0.39 is 24.1 Å². The third-order valence-corrected chi connectivity index (χ3v) is 4.41. The van der Waals surface area contributed by atoms with Crippen LogP contribution in [0, 0.1) is 5.92 Å². The monoisotopic (exact) mass is 297 g/mol. The molecule has 2 atom stereocenters. The highest BCUT2D eigenvalue weighted by atomic mass is 16.4. The van der Waals surface area contributed by atoms with Gasteiger partial charge in [-0.05, 0) is 25.2 Å². The number of rotatable bonds is 4. The van der Waals surface area contributed by atoms with Gasteiger partial charge >= 0.3 is 12.0 Å². The van der Waals surface area contributed by atoms with Crippen molar-refractivity contribution < 1.29 is 19.5 Å². The molecule has 0 aromatic rings. The minimum Gasteiger partial charge on any atom is -0.480 e. The van der Waals surface area contributed by atoms with Gasteiger partial charge in [-0.2, -0.15) is 0 Å². The molecule has 2 fully saturated rings. The van der Waals surface area contributed by atoms with Crippen molar-refractivity contribution in [1.82, 2.24) is 15.5 Å². The predicted octanol–water partition coefficient (Wildman–Crippen LogP) is 0.550. The zero-order chi connectivity index (χ0) is 15.4. The maximum absolute atomic E-state index is 12.0. The first-order chi connectivity index (χ1) is 9.99. The van der Waals surface area contributed by atoms with E-state index in [1.54, 1.807) is 11.9 Å². The number of amides is 3. The Morgan fingerprint density at radius 3 is 2.43 bits per heavy atom. The molecule has 0 aromatic carbocycles. The molecule has 1 aliphatic carbocycles. The summed E-state index contributed by atoms with van der Waals surface area (Å²) in [4.78, 5) is 36.6. The van der Waals surface area contributed by atoms with Gasteiger partial charge in [0.15, 0.2) is 0 Å². The van der Waals surface area contributed by atoms with Crippen molar-refractivity contribution in [2.45, 2.75) is 50.6 Å². The minimum atomic E-state index is -1.01. The number of urea groups is 1. The Morgan fingerprint density at radius 1 is 1.24 bits per heavy atom. The van der Waals surface area contributed by atoms with Crippen LogP contribution in [0.5, 0.6) is 0 Å². The second kappa shape index (κ2) is 6.78. The Balaban J connectivity index is 1.89. The average molecular weight is 297 g/mol. The molecule has 0 bridgehead atoms. The highest BCUT2D eigenvalue weighted by Gasteiger charge is 2.34. The maximum Gasteiger partial charge on any atom is 0.326 e. The molecule has 7 nitrogen and oxygen atoms in total. The van der Waals surface area contributed by atoms with Gasteiger partial charge in [0.2, 0.25) is 5.91 Å². The Hall–Kier alpha value is -1.79. The lowest BCUT2D eigenvalue weighted by Crippen LogP contribution is -2.53. The van der Waals surface area contributed by atoms with Crippen LogP contribution in [0.2, 0.25) is 0 Å². The van der Waals surface area contributed by atoms with Crippen molar-refractivity contribution in [2.75, 3.05) is 13.6 Å². The molecule has 2 rings (SSSR count). The summed E-state index contributed by atoms with van der Waals surface area (Å²) in [7, 11) is 1.68. The third-order valence-electron chi connectivity index (χ3n) is 4.41. The van der Waals surface area contributed by atoms with E-state index in [0.29, 0.717) is 13.0 Å². The summed E-state index contributed by atoms with van der Waals surface area (Å²) in [5.74, 6) is -1.16. The fourth-order valence-corrected chi connectivity index (χ4v) is 3.15. The molecule has 2 aliphatic rings. The van der Waals surface area contributed by atoms with E-state index in [4.69, 9.17) is 0 Å². The van der Waals surface area contributed by atoms with Crippen LogP contribution < -0.4 is 10.6 Å². The molecule has 0 radical (unpaired) electrons. The van der Waals surface area contributed by atoms with Crippen LogP contribution in [0.3, 0.4) is 0 Å². The van der Waals surface area contributed by atoms with Crippen LogP contribution in [0.1, 0.15) is 38.5 Å². The summed E-state index contributed by atoms with van der Waals surface area (Å²) in [5, 5.41) is 14.4. The number of aliphatic carboxylic acids is 1. The smallest absolute Gasteiger partial charge is 0.326 e. The predicted molar refractivity (Wildman–Crippen MR) is 75.7 cm³/mol. The fraction of sp³-hybridized carbons (Fsp3) is 0.786. The molecule has 1 heterocycles. The van der Waals surface area contributed by atoms with E-state index in [2.05, 4.69) is 10.6 Å². The largest absolute Gasteiger partial charge is 0.480 e. The molecule has 21 heavy (non-hydrogen) atoms. The van der Waals surface area contributed by atoms with Gasteiger partial charge in [-0.25, -0.2) is 9.59 Å². The average Bonchev–Trinajstić information content (AvgIpc) is 2.77. The Bertz CT molecular complexity index is 420. The van der Waals surface area contributed by atoms with Gasteiger partial charge in [-0.1, -0.05) is 19.3 Å². The molecular weight excluding hydrogens is 274 g/mol. The van der Waals surface area contributed by atoms with Crippen LogP contribution in [0.4, 0.5) is 4.79 Å². The SMILES string of the molecule is CN1CCC(NC(=O)NC(C(=O)O)C2CCCCC2)C1=O. The number of carbonyl (C=O) groups excluding carboxylic acids is 2. The number of likely N-dealkylation sites (N-methyl/N-ethyl adjacent to an activating group) is 1. The summed E-state index contributed by atoms with van der Waals surface area (Å²) in [6.45, 7) is 0.606. The summed E-state index contributed by atoms with van der Waals surface area (Å²) < 4.78 is 0. The number of carboxylic acid groups (broad SMARTS) is 1. The van der Waals surface area contributed by atoms with Crippen LogP contribution in [-0.4, -0.2) is 53.6 Å². The molecule has 0 aromatic heterocycles. The van der Waals surface area contributed by atoms with Crippen LogP contribution >= 0.6 is 0 Å². The lowest BCUT2D eigenvalue weighted by molar-refractivity contribution is -0.141. The normalized spacial score (nSPS) is 24.7. The summed E-state index contributed by atoms with van der Waals surface area (Å²) in [6.07, 6.45) is 5.33. The highest BCUT2D eigenvalue weighted by Crippen LogP contribution is 2.26. The molecule has 7 heteroatoms. The van der Waals surface area contributed by atoms with Gasteiger partial charge in [0.25, 0.3) is 0 Å². The van der Waals surface area contributed by atoms with E-state index in [-0.39, 0.29) is 11.8 Å². The van der Waals surface area contributed by atoms with Crippen molar-refractivity contribution in [2.24, 2.45) is 5.92 Å². The van der Waals surface area contributed by atoms with E-state index in [0.717, 1.165) is 32.1 Å². The lowest BCUT2D eigenvalue weighted by atomic mass is 9.84. The minimum absolute atomic E-state index is 0.0241. The molecule has 1 aliphatic heterocycles. The standard InChI is InChI=1S/C14H23N3O4/c1-17-8-7-10(12(17)18)15-14(21)16-11(13(19)20)9-5-3-2-4-6-9/h9-11H,2-8H2,1H3,(H,19,20)(H2,15,16,21). The molecule has 0 spiro atoms. The van der Waals surface area contributed by atoms with Gasteiger partial charge < -0.3 is 20.6 Å². The van der Waals surface area contributed by atoms with Crippen molar-refractivity contribution in [3.63, 3.8) is 0 Å². The fourth-order valence-electron chi connectivity index (χ4n) is 3.15. The van der Waals surface area contributed by atoms with Gasteiger partial charge in [0.1, 0.15) is 12.1 Å². The molecule has 3 N–H and O–H groups in total. The number of nitrogens with zero attached hydrogens (tertiary/aromatic N) is 1. The van der Waals surface area contributed by atoms with Gasteiger partial charge in [0.05, 0.1) is 0 Å². The first-order valence-electron chi connectivity index (χ1n) is 7.54. The zero-order valence-corrected chi connectivity index (χ0v) is 12.3. The first-order valence-corrected chi connectivity index (χ1v) is 7.54. The molecule has 1 saturated heterocycles. The quantitative estimate of drug-likeness (QED) is 0.705. The molecule has 3 amide bonds. The Kier molecular flexibility index (Phi) is 5.03. The van der Waals surface area contributed by atoms with Gasteiger partial charge in [-0.15, -0.1) is 0 Å². The van der Waals surface area contributed by atoms with Crippen molar-refractivity contribution >= 4 is 17.9 Å². The highest BCUT2D eigenvalue weighted by molar-refractivity contribution is 5.89. The van der Waals surface area contributed by atoms with E-state index in [1.165, 1.54) is 0 Å². The second-order valence-corrected chi connectivity index (χ2v) is 5.93. The summed E-state index contributed by atoms with van der Waals surface area (Å²) in [5.41, 5.74) is 0. The topological polar surface area (TPSA) is 98.7 Å². The number of nitrogens with one attached hydrogen (secondary N) is 2. The summed E-state index contributed by atoms with van der Waals surface area (Å²) >= 11 is 0. The van der Waals surface area contributed by atoms with Crippen LogP contribution in [0.15, 0.2) is 0 Å². The molecule has 2 unspecified atom stereocenters. The number of likely N-dealkylation sites (tertiary alicyclic amines) is 1. The molecule has 118 valence electrons. The lowest BCUT2D eigenvalue weighted by Gasteiger charge is -2.28. The molecular formula is C14H23N3O4. The van der Waals surface area contributed by atoms with Gasteiger partial charge in [-0.3, -0.25) is 4.79 Å². The van der Waals surface area contributed by atoms with Crippen molar-refractivity contribution in [3.8, 4) is 0 Å².